The molecule has 2 aromatic rings. The Morgan fingerprint density at radius 2 is 2.12 bits per heavy atom. The molecule has 0 radical (unpaired) electrons. The van der Waals surface area contributed by atoms with Crippen molar-refractivity contribution in [1.82, 2.24) is 10.3 Å². The van der Waals surface area contributed by atoms with Crippen LogP contribution in [0, 0.1) is 13.8 Å². The lowest BCUT2D eigenvalue weighted by atomic mass is 10.3. The fourth-order valence-electron chi connectivity index (χ4n) is 1.40. The van der Waals surface area contributed by atoms with Gasteiger partial charge in [0.2, 0.25) is 0 Å². The molecule has 0 saturated heterocycles. The van der Waals surface area contributed by atoms with E-state index in [2.05, 4.69) is 30.2 Å². The molecule has 2 heterocycles. The minimum Gasteiger partial charge on any atom is -0.306 e. The Bertz CT molecular complexity index is 457. The summed E-state index contributed by atoms with van der Waals surface area (Å²) < 4.78 is 0.750. The molecule has 0 fully saturated rings. The second-order valence-corrected chi connectivity index (χ2v) is 6.70. The first-order valence-electron chi connectivity index (χ1n) is 5.02. The summed E-state index contributed by atoms with van der Waals surface area (Å²) in [4.78, 5) is 6.97. The average molecular weight is 273 g/mol. The third-order valence-corrected chi connectivity index (χ3v) is 4.59. The quantitative estimate of drug-likeness (QED) is 0.917. The Kier molecular flexibility index (Phi) is 3.97. The number of thiophene rings is 1. The number of rotatable bonds is 4. The van der Waals surface area contributed by atoms with Crippen molar-refractivity contribution in [1.29, 1.82) is 0 Å². The summed E-state index contributed by atoms with van der Waals surface area (Å²) in [5.74, 6) is 0. The second-order valence-electron chi connectivity index (χ2n) is 3.61. The molecule has 16 heavy (non-hydrogen) atoms. The van der Waals surface area contributed by atoms with E-state index in [1.165, 1.54) is 26.7 Å². The summed E-state index contributed by atoms with van der Waals surface area (Å²) in [6, 6.07) is 2.24. The monoisotopic (exact) mass is 272 g/mol. The summed E-state index contributed by atoms with van der Waals surface area (Å²) in [6.07, 6.45) is 1.70. The van der Waals surface area contributed by atoms with Crippen molar-refractivity contribution in [2.75, 3.05) is 0 Å². The van der Waals surface area contributed by atoms with Gasteiger partial charge in [-0.15, -0.1) is 22.7 Å². The standard InChI is InChI=1S/C11H13ClN2S2/c1-7-3-9(15-8(7)2)4-13-6-11-14-5-10(12)16-11/h3,5,13H,4,6H2,1-2H3. The van der Waals surface area contributed by atoms with Gasteiger partial charge in [0.15, 0.2) is 0 Å². The second kappa shape index (κ2) is 5.27. The highest BCUT2D eigenvalue weighted by Gasteiger charge is 2.02. The van der Waals surface area contributed by atoms with E-state index in [0.29, 0.717) is 0 Å². The Labute approximate surface area is 108 Å². The molecule has 2 rings (SSSR count). The molecule has 0 bridgehead atoms. The van der Waals surface area contributed by atoms with E-state index in [0.717, 1.165) is 22.4 Å². The van der Waals surface area contributed by atoms with E-state index < -0.39 is 0 Å². The first-order chi connectivity index (χ1) is 7.65. The highest BCUT2D eigenvalue weighted by atomic mass is 35.5. The summed E-state index contributed by atoms with van der Waals surface area (Å²) in [7, 11) is 0. The van der Waals surface area contributed by atoms with Gasteiger partial charge in [-0.3, -0.25) is 0 Å². The van der Waals surface area contributed by atoms with Gasteiger partial charge in [0, 0.05) is 22.8 Å². The largest absolute Gasteiger partial charge is 0.306 e. The smallest absolute Gasteiger partial charge is 0.113 e. The zero-order valence-electron chi connectivity index (χ0n) is 9.21. The van der Waals surface area contributed by atoms with Crippen LogP contribution in [0.1, 0.15) is 20.3 Å². The van der Waals surface area contributed by atoms with Crippen molar-refractivity contribution in [2.24, 2.45) is 0 Å². The summed E-state index contributed by atoms with van der Waals surface area (Å²) >= 11 is 9.19. The van der Waals surface area contributed by atoms with Crippen molar-refractivity contribution in [2.45, 2.75) is 26.9 Å². The molecule has 0 aliphatic carbocycles. The highest BCUT2D eigenvalue weighted by Crippen LogP contribution is 2.21. The predicted molar refractivity (Wildman–Crippen MR) is 71.5 cm³/mol. The molecule has 2 nitrogen and oxygen atoms in total. The van der Waals surface area contributed by atoms with Gasteiger partial charge in [-0.05, 0) is 25.5 Å². The van der Waals surface area contributed by atoms with Gasteiger partial charge >= 0.3 is 0 Å². The summed E-state index contributed by atoms with van der Waals surface area (Å²) in [5.41, 5.74) is 1.37. The Morgan fingerprint density at radius 3 is 2.69 bits per heavy atom. The minimum atomic E-state index is 0.750. The molecule has 0 aliphatic heterocycles. The van der Waals surface area contributed by atoms with Crippen LogP contribution in [0.2, 0.25) is 4.34 Å². The molecule has 1 N–H and O–H groups in total. The van der Waals surface area contributed by atoms with E-state index in [9.17, 15) is 0 Å². The van der Waals surface area contributed by atoms with Gasteiger partial charge in [0.05, 0.1) is 6.20 Å². The number of halogens is 1. The van der Waals surface area contributed by atoms with Crippen LogP contribution in [0.5, 0.6) is 0 Å². The number of aromatic nitrogens is 1. The Balaban J connectivity index is 1.84. The van der Waals surface area contributed by atoms with Crippen molar-refractivity contribution < 1.29 is 0 Å². The van der Waals surface area contributed by atoms with Crippen molar-refractivity contribution in [3.63, 3.8) is 0 Å². The Morgan fingerprint density at radius 1 is 1.31 bits per heavy atom. The van der Waals surface area contributed by atoms with Gasteiger partial charge in [-0.25, -0.2) is 4.98 Å². The first kappa shape index (κ1) is 12.0. The maximum Gasteiger partial charge on any atom is 0.113 e. The average Bonchev–Trinajstić information content (AvgIpc) is 2.75. The van der Waals surface area contributed by atoms with E-state index >= 15 is 0 Å². The van der Waals surface area contributed by atoms with E-state index in [4.69, 9.17) is 11.6 Å². The van der Waals surface area contributed by atoms with Gasteiger partial charge in [0.1, 0.15) is 9.34 Å². The lowest BCUT2D eigenvalue weighted by Crippen LogP contribution is -2.11. The van der Waals surface area contributed by atoms with Crippen LogP contribution in [0.15, 0.2) is 12.3 Å². The molecule has 86 valence electrons. The van der Waals surface area contributed by atoms with Crippen LogP contribution in [0.4, 0.5) is 0 Å². The molecule has 0 amide bonds. The SMILES string of the molecule is Cc1cc(CNCc2ncc(Cl)s2)sc1C. The van der Waals surface area contributed by atoms with Gasteiger partial charge in [0.25, 0.3) is 0 Å². The number of nitrogens with one attached hydrogen (secondary N) is 1. The molecule has 0 unspecified atom stereocenters. The molecular weight excluding hydrogens is 260 g/mol. The zero-order chi connectivity index (χ0) is 11.5. The van der Waals surface area contributed by atoms with Crippen LogP contribution < -0.4 is 5.32 Å². The molecule has 0 atom stereocenters. The van der Waals surface area contributed by atoms with E-state index in [1.807, 2.05) is 11.3 Å². The van der Waals surface area contributed by atoms with Gasteiger partial charge in [-0.1, -0.05) is 11.6 Å². The minimum absolute atomic E-state index is 0.750. The van der Waals surface area contributed by atoms with Crippen molar-refractivity contribution in [3.8, 4) is 0 Å². The lowest BCUT2D eigenvalue weighted by molar-refractivity contribution is 0.697. The number of nitrogens with zero attached hydrogens (tertiary/aromatic N) is 1. The molecule has 0 aromatic carbocycles. The topological polar surface area (TPSA) is 24.9 Å². The van der Waals surface area contributed by atoms with Gasteiger partial charge < -0.3 is 5.32 Å². The van der Waals surface area contributed by atoms with Crippen LogP contribution in [0.25, 0.3) is 0 Å². The maximum atomic E-state index is 5.81. The van der Waals surface area contributed by atoms with E-state index in [-0.39, 0.29) is 0 Å². The summed E-state index contributed by atoms with van der Waals surface area (Å²) in [6.45, 7) is 5.99. The highest BCUT2D eigenvalue weighted by molar-refractivity contribution is 7.15. The molecule has 0 saturated carbocycles. The molecule has 2 aromatic heterocycles. The Hall–Kier alpha value is -0.420. The number of aryl methyl sites for hydroxylation is 2. The molecule has 0 aliphatic rings. The van der Waals surface area contributed by atoms with E-state index in [1.54, 1.807) is 6.20 Å². The fourth-order valence-corrected chi connectivity index (χ4v) is 3.35. The predicted octanol–water partition coefficient (Wildman–Crippen LogP) is 3.76. The van der Waals surface area contributed by atoms with Crippen molar-refractivity contribution in [3.05, 3.63) is 36.9 Å². The van der Waals surface area contributed by atoms with Crippen LogP contribution in [-0.4, -0.2) is 4.98 Å². The van der Waals surface area contributed by atoms with Crippen LogP contribution in [-0.2, 0) is 13.1 Å². The van der Waals surface area contributed by atoms with Crippen LogP contribution in [0.3, 0.4) is 0 Å². The first-order valence-corrected chi connectivity index (χ1v) is 7.03. The van der Waals surface area contributed by atoms with Gasteiger partial charge in [-0.2, -0.15) is 0 Å². The molecule has 0 spiro atoms. The number of hydrogen-bond acceptors (Lipinski definition) is 4. The lowest BCUT2D eigenvalue weighted by Gasteiger charge is -1.98. The third kappa shape index (κ3) is 3.04. The van der Waals surface area contributed by atoms with Crippen LogP contribution >= 0.6 is 34.3 Å². The normalized spacial score (nSPS) is 10.9. The number of thiazole rings is 1. The maximum absolute atomic E-state index is 5.81. The molecular formula is C11H13ClN2S2. The fraction of sp³-hybridized carbons (Fsp3) is 0.364. The zero-order valence-corrected chi connectivity index (χ0v) is 11.6. The number of hydrogen-bond donors (Lipinski definition) is 1. The van der Waals surface area contributed by atoms with Crippen molar-refractivity contribution >= 4 is 34.3 Å². The summed E-state index contributed by atoms with van der Waals surface area (Å²) in [5, 5.41) is 4.41. The molecule has 5 heteroatoms. The third-order valence-electron chi connectivity index (χ3n) is 2.32.